The molecule has 0 heterocycles. The van der Waals surface area contributed by atoms with Crippen LogP contribution in [0.2, 0.25) is 0 Å². The van der Waals surface area contributed by atoms with E-state index in [0.29, 0.717) is 0 Å². The van der Waals surface area contributed by atoms with Crippen LogP contribution in [0.25, 0.3) is 0 Å². The summed E-state index contributed by atoms with van der Waals surface area (Å²) >= 11 is 0. The van der Waals surface area contributed by atoms with Crippen molar-refractivity contribution in [1.82, 2.24) is 5.32 Å². The van der Waals surface area contributed by atoms with Crippen LogP contribution in [-0.2, 0) is 9.53 Å². The van der Waals surface area contributed by atoms with Crippen LogP contribution in [0.3, 0.4) is 0 Å². The average molecular weight is 228 g/mol. The molecule has 4 heteroatoms. The second-order valence-electron chi connectivity index (χ2n) is 4.96. The summed E-state index contributed by atoms with van der Waals surface area (Å²) in [6, 6.07) is -0.416. The maximum atomic E-state index is 11.4. The maximum absolute atomic E-state index is 11.4. The van der Waals surface area contributed by atoms with Crippen molar-refractivity contribution in [2.24, 2.45) is 11.1 Å². The summed E-state index contributed by atoms with van der Waals surface area (Å²) in [5.74, 6) is -0.0521. The highest BCUT2D eigenvalue weighted by Gasteiger charge is 2.33. The van der Waals surface area contributed by atoms with Crippen molar-refractivity contribution in [1.29, 1.82) is 0 Å². The van der Waals surface area contributed by atoms with E-state index < -0.39 is 6.04 Å². The number of carbonyl (C=O) groups is 1. The third kappa shape index (κ3) is 3.76. The van der Waals surface area contributed by atoms with E-state index in [0.717, 1.165) is 19.6 Å². The van der Waals surface area contributed by atoms with Crippen LogP contribution in [0.5, 0.6) is 0 Å². The summed E-state index contributed by atoms with van der Waals surface area (Å²) < 4.78 is 5.15. The molecule has 0 radical (unpaired) electrons. The summed E-state index contributed by atoms with van der Waals surface area (Å²) in [7, 11) is 1.73. The van der Waals surface area contributed by atoms with Gasteiger partial charge in [-0.05, 0) is 31.6 Å². The van der Waals surface area contributed by atoms with Gasteiger partial charge in [-0.15, -0.1) is 0 Å². The molecule has 0 aromatic carbocycles. The van der Waals surface area contributed by atoms with Gasteiger partial charge in [0.05, 0.1) is 6.04 Å². The third-order valence-electron chi connectivity index (χ3n) is 3.55. The number of nitrogens with two attached hydrogens (primary N) is 1. The van der Waals surface area contributed by atoms with E-state index in [1.165, 1.54) is 25.7 Å². The lowest BCUT2D eigenvalue weighted by atomic mass is 9.83. The minimum Gasteiger partial charge on any atom is -0.385 e. The van der Waals surface area contributed by atoms with Gasteiger partial charge in [-0.2, -0.15) is 0 Å². The van der Waals surface area contributed by atoms with Crippen molar-refractivity contribution in [3.8, 4) is 0 Å². The number of amides is 1. The molecule has 0 bridgehead atoms. The Bertz CT molecular complexity index is 223. The van der Waals surface area contributed by atoms with Crippen molar-refractivity contribution >= 4 is 5.91 Å². The Kier molecular flexibility index (Phi) is 5.22. The molecule has 1 fully saturated rings. The van der Waals surface area contributed by atoms with Gasteiger partial charge in [-0.3, -0.25) is 4.79 Å². The van der Waals surface area contributed by atoms with Crippen LogP contribution in [0.1, 0.15) is 39.0 Å². The van der Waals surface area contributed by atoms with Crippen molar-refractivity contribution in [3.63, 3.8) is 0 Å². The largest absolute Gasteiger partial charge is 0.385 e. The van der Waals surface area contributed by atoms with Crippen molar-refractivity contribution in [3.05, 3.63) is 0 Å². The molecule has 0 saturated heterocycles. The predicted octanol–water partition coefficient (Wildman–Crippen LogP) is 1.05. The fraction of sp³-hybridized carbons (Fsp3) is 0.917. The molecule has 3 N–H and O–H groups in total. The molecule has 0 unspecified atom stereocenters. The molecule has 1 atom stereocenters. The Morgan fingerprint density at radius 1 is 1.50 bits per heavy atom. The smallest absolute Gasteiger partial charge is 0.236 e. The van der Waals surface area contributed by atoms with Crippen LogP contribution in [0.15, 0.2) is 0 Å². The summed E-state index contributed by atoms with van der Waals surface area (Å²) in [6.45, 7) is 3.23. The topological polar surface area (TPSA) is 64.3 Å². The fourth-order valence-corrected chi connectivity index (χ4v) is 2.39. The van der Waals surface area contributed by atoms with Gasteiger partial charge in [0.25, 0.3) is 0 Å². The normalized spacial score (nSPS) is 20.7. The number of hydrogen-bond donors (Lipinski definition) is 2. The van der Waals surface area contributed by atoms with Crippen LogP contribution in [-0.4, -0.2) is 32.2 Å². The van der Waals surface area contributed by atoms with E-state index in [1.54, 1.807) is 14.0 Å². The average Bonchev–Trinajstić information content (AvgIpc) is 2.72. The lowest BCUT2D eigenvalue weighted by molar-refractivity contribution is -0.122. The Morgan fingerprint density at radius 2 is 2.12 bits per heavy atom. The Morgan fingerprint density at radius 3 is 2.62 bits per heavy atom. The molecule has 0 aliphatic heterocycles. The zero-order chi connectivity index (χ0) is 12.0. The molecule has 1 amide bonds. The van der Waals surface area contributed by atoms with Gasteiger partial charge in [0.15, 0.2) is 0 Å². The number of hydrogen-bond acceptors (Lipinski definition) is 3. The highest BCUT2D eigenvalue weighted by Crippen LogP contribution is 2.40. The van der Waals surface area contributed by atoms with Crippen molar-refractivity contribution in [2.45, 2.75) is 45.1 Å². The number of ether oxygens (including phenoxy) is 1. The molecule has 1 rings (SSSR count). The minimum absolute atomic E-state index is 0.0521. The second-order valence-corrected chi connectivity index (χ2v) is 4.96. The van der Waals surface area contributed by atoms with E-state index in [-0.39, 0.29) is 11.3 Å². The molecule has 1 aliphatic carbocycles. The molecule has 16 heavy (non-hydrogen) atoms. The summed E-state index contributed by atoms with van der Waals surface area (Å²) in [4.78, 5) is 11.4. The van der Waals surface area contributed by atoms with Crippen LogP contribution in [0, 0.1) is 5.41 Å². The zero-order valence-corrected chi connectivity index (χ0v) is 10.4. The van der Waals surface area contributed by atoms with Crippen LogP contribution < -0.4 is 11.1 Å². The lowest BCUT2D eigenvalue weighted by Crippen LogP contribution is -2.43. The quantitative estimate of drug-likeness (QED) is 0.714. The first kappa shape index (κ1) is 13.5. The van der Waals surface area contributed by atoms with Gasteiger partial charge in [0.1, 0.15) is 0 Å². The molecule has 1 saturated carbocycles. The SMILES string of the molecule is COCCC1(CNC(=O)[C@H](C)N)CCCC1. The molecular weight excluding hydrogens is 204 g/mol. The molecule has 94 valence electrons. The van der Waals surface area contributed by atoms with E-state index in [4.69, 9.17) is 10.5 Å². The van der Waals surface area contributed by atoms with Crippen molar-refractivity contribution in [2.75, 3.05) is 20.3 Å². The van der Waals surface area contributed by atoms with E-state index >= 15 is 0 Å². The molecule has 0 aromatic rings. The number of carbonyl (C=O) groups excluding carboxylic acids is 1. The lowest BCUT2D eigenvalue weighted by Gasteiger charge is -2.29. The first-order chi connectivity index (χ1) is 7.59. The van der Waals surface area contributed by atoms with Crippen molar-refractivity contribution < 1.29 is 9.53 Å². The monoisotopic (exact) mass is 228 g/mol. The highest BCUT2D eigenvalue weighted by atomic mass is 16.5. The molecule has 4 nitrogen and oxygen atoms in total. The predicted molar refractivity (Wildman–Crippen MR) is 64.1 cm³/mol. The third-order valence-corrected chi connectivity index (χ3v) is 3.55. The number of nitrogens with one attached hydrogen (secondary N) is 1. The van der Waals surface area contributed by atoms with Gasteiger partial charge in [-0.1, -0.05) is 12.8 Å². The molecule has 0 aromatic heterocycles. The fourth-order valence-electron chi connectivity index (χ4n) is 2.39. The Balaban J connectivity index is 2.41. The zero-order valence-electron chi connectivity index (χ0n) is 10.4. The standard InChI is InChI=1S/C12H24N2O2/c1-10(13)11(15)14-9-12(7-8-16-2)5-3-4-6-12/h10H,3-9,13H2,1-2H3,(H,14,15)/t10-/m0/s1. The van der Waals surface area contributed by atoms with Gasteiger partial charge in [0, 0.05) is 20.3 Å². The molecule has 1 aliphatic rings. The summed E-state index contributed by atoms with van der Waals surface area (Å²) in [5, 5.41) is 2.95. The highest BCUT2D eigenvalue weighted by molar-refractivity contribution is 5.80. The summed E-state index contributed by atoms with van der Waals surface area (Å²) in [6.07, 6.45) is 5.93. The van der Waals surface area contributed by atoms with E-state index in [2.05, 4.69) is 5.32 Å². The second kappa shape index (κ2) is 6.21. The maximum Gasteiger partial charge on any atom is 0.236 e. The summed E-state index contributed by atoms with van der Waals surface area (Å²) in [5.41, 5.74) is 5.78. The Hall–Kier alpha value is -0.610. The molecular formula is C12H24N2O2. The van der Waals surface area contributed by atoms with E-state index in [1.807, 2.05) is 0 Å². The van der Waals surface area contributed by atoms with Gasteiger partial charge >= 0.3 is 0 Å². The van der Waals surface area contributed by atoms with Gasteiger partial charge in [-0.25, -0.2) is 0 Å². The first-order valence-electron chi connectivity index (χ1n) is 6.12. The molecule has 0 spiro atoms. The minimum atomic E-state index is -0.416. The number of rotatable bonds is 6. The van der Waals surface area contributed by atoms with Crippen LogP contribution in [0.4, 0.5) is 0 Å². The number of methoxy groups -OCH3 is 1. The Labute approximate surface area is 97.9 Å². The van der Waals surface area contributed by atoms with E-state index in [9.17, 15) is 4.79 Å². The van der Waals surface area contributed by atoms with Gasteiger partial charge < -0.3 is 15.8 Å². The van der Waals surface area contributed by atoms with Crippen LogP contribution >= 0.6 is 0 Å². The first-order valence-corrected chi connectivity index (χ1v) is 6.12. The van der Waals surface area contributed by atoms with Gasteiger partial charge in [0.2, 0.25) is 5.91 Å².